The fraction of sp³-hybridized carbons (Fsp3) is 0.355. The number of carbonyl (C=O) groups is 3. The number of nitrogens with zero attached hydrogens (tertiary/aromatic N) is 2. The van der Waals surface area contributed by atoms with Crippen molar-refractivity contribution < 1.29 is 27.6 Å². The first-order valence-electron chi connectivity index (χ1n) is 14.0. The summed E-state index contributed by atoms with van der Waals surface area (Å²) < 4.78 is 45.7. The van der Waals surface area contributed by atoms with Crippen LogP contribution in [0.1, 0.15) is 51.3 Å². The molecule has 1 aromatic heterocycles. The SMILES string of the molecule is CC(NC(=O)[C@@H]1C[C@](F)(CN(C)C)CN1C(=O)CNC(=O)c1ccc2c(c1)-c1ccccc1C2(F)F)c1cc(C(=N)N)cs1. The first kappa shape index (κ1) is 31.2. The summed E-state index contributed by atoms with van der Waals surface area (Å²) in [7, 11) is 3.38. The Balaban J connectivity index is 1.29. The number of carbonyl (C=O) groups excluding carboxylic acids is 3. The van der Waals surface area contributed by atoms with Gasteiger partial charge in [-0.2, -0.15) is 8.78 Å². The number of nitrogen functional groups attached to an aromatic ring is 1. The van der Waals surface area contributed by atoms with E-state index in [1.807, 2.05) is 0 Å². The van der Waals surface area contributed by atoms with Gasteiger partial charge in [-0.1, -0.05) is 30.3 Å². The monoisotopic (exact) mass is 626 g/mol. The van der Waals surface area contributed by atoms with Gasteiger partial charge in [0.2, 0.25) is 11.8 Å². The van der Waals surface area contributed by atoms with Crippen LogP contribution in [0.3, 0.4) is 0 Å². The second-order valence-electron chi connectivity index (χ2n) is 11.6. The highest BCUT2D eigenvalue weighted by Crippen LogP contribution is 2.50. The van der Waals surface area contributed by atoms with Crippen LogP contribution in [-0.2, 0) is 15.5 Å². The van der Waals surface area contributed by atoms with Crippen molar-refractivity contribution in [3.05, 3.63) is 81.0 Å². The average Bonchev–Trinajstić information content (AvgIpc) is 3.65. The first-order chi connectivity index (χ1) is 20.7. The Morgan fingerprint density at radius 1 is 1.09 bits per heavy atom. The summed E-state index contributed by atoms with van der Waals surface area (Å²) >= 11 is 1.31. The van der Waals surface area contributed by atoms with Crippen LogP contribution in [0.15, 0.2) is 53.9 Å². The maximum atomic E-state index is 15.9. The summed E-state index contributed by atoms with van der Waals surface area (Å²) in [5, 5.41) is 14.6. The standard InChI is InChI=1S/C31H33F3N6O3S/c1-17(25-11-19(14-44-25)27(35)36)38-29(43)24-12-30(32,15-39(2)3)16-40(24)26(41)13-37-28(42)18-8-9-23-21(10-18)20-6-4-5-7-22(20)31(23,33)34/h4-11,14,17,24H,12-13,15-16H2,1-3H3,(H3,35,36)(H,37,42)(H,38,43)/t17?,24-,30-/m0/s1. The van der Waals surface area contributed by atoms with Gasteiger partial charge in [-0.25, -0.2) is 4.39 Å². The van der Waals surface area contributed by atoms with Crippen molar-refractivity contribution in [1.29, 1.82) is 5.41 Å². The largest absolute Gasteiger partial charge is 0.384 e. The minimum atomic E-state index is -3.19. The van der Waals surface area contributed by atoms with Crippen LogP contribution in [-0.4, -0.2) is 78.8 Å². The topological polar surface area (TPSA) is 132 Å². The molecule has 0 saturated carbocycles. The third-order valence-electron chi connectivity index (χ3n) is 7.90. The number of rotatable bonds is 9. The number of likely N-dealkylation sites (tertiary alicyclic amines) is 1. The van der Waals surface area contributed by atoms with Gasteiger partial charge in [0.25, 0.3) is 11.8 Å². The van der Waals surface area contributed by atoms with Crippen LogP contribution in [0, 0.1) is 5.41 Å². The van der Waals surface area contributed by atoms with E-state index in [-0.39, 0.29) is 47.6 Å². The second-order valence-corrected chi connectivity index (χ2v) is 12.5. The Labute approximate surface area is 256 Å². The van der Waals surface area contributed by atoms with Crippen LogP contribution in [0.4, 0.5) is 13.2 Å². The van der Waals surface area contributed by atoms with E-state index in [0.29, 0.717) is 11.1 Å². The van der Waals surface area contributed by atoms with E-state index >= 15 is 4.39 Å². The summed E-state index contributed by atoms with van der Waals surface area (Å²) in [6, 6.07) is 10.0. The molecule has 0 spiro atoms. The van der Waals surface area contributed by atoms with Gasteiger partial charge >= 0.3 is 0 Å². The van der Waals surface area contributed by atoms with Crippen molar-refractivity contribution in [3.63, 3.8) is 0 Å². The lowest BCUT2D eigenvalue weighted by molar-refractivity contribution is -0.138. The van der Waals surface area contributed by atoms with Gasteiger partial charge in [-0.05, 0) is 50.3 Å². The van der Waals surface area contributed by atoms with Crippen molar-refractivity contribution in [3.8, 4) is 11.1 Å². The maximum Gasteiger partial charge on any atom is 0.299 e. The predicted octanol–water partition coefficient (Wildman–Crippen LogP) is 3.63. The normalized spacial score (nSPS) is 20.6. The molecule has 1 fully saturated rings. The number of nitrogens with one attached hydrogen (secondary N) is 3. The second kappa shape index (κ2) is 11.7. The van der Waals surface area contributed by atoms with Crippen LogP contribution in [0.25, 0.3) is 11.1 Å². The summed E-state index contributed by atoms with van der Waals surface area (Å²) in [4.78, 5) is 43.3. The lowest BCUT2D eigenvalue weighted by atomic mass is 10.0. The minimum absolute atomic E-state index is 0.0173. The zero-order valence-corrected chi connectivity index (χ0v) is 25.2. The van der Waals surface area contributed by atoms with E-state index in [0.717, 1.165) is 9.78 Å². The molecule has 13 heteroatoms. The van der Waals surface area contributed by atoms with E-state index in [4.69, 9.17) is 11.1 Å². The number of amidine groups is 1. The summed E-state index contributed by atoms with van der Waals surface area (Å²) in [5.41, 5.74) is 4.52. The number of fused-ring (bicyclic) bond motifs is 3. The molecule has 2 heterocycles. The molecule has 44 heavy (non-hydrogen) atoms. The molecule has 5 rings (SSSR count). The van der Waals surface area contributed by atoms with E-state index in [2.05, 4.69) is 10.6 Å². The third-order valence-corrected chi connectivity index (χ3v) is 9.02. The third kappa shape index (κ3) is 5.93. The summed E-state index contributed by atoms with van der Waals surface area (Å²) in [6.07, 6.45) is -0.231. The minimum Gasteiger partial charge on any atom is -0.384 e. The maximum absolute atomic E-state index is 15.9. The van der Waals surface area contributed by atoms with Crippen LogP contribution in [0.2, 0.25) is 0 Å². The smallest absolute Gasteiger partial charge is 0.299 e. The molecular formula is C31H33F3N6O3S. The number of halogens is 3. The van der Waals surface area contributed by atoms with E-state index in [1.165, 1.54) is 41.7 Å². The van der Waals surface area contributed by atoms with Gasteiger partial charge in [0.1, 0.15) is 17.5 Å². The van der Waals surface area contributed by atoms with Crippen LogP contribution in [0.5, 0.6) is 0 Å². The fourth-order valence-corrected chi connectivity index (χ4v) is 6.81. The lowest BCUT2D eigenvalue weighted by Crippen LogP contribution is -2.49. The molecule has 1 aliphatic carbocycles. The molecule has 3 amide bonds. The molecule has 5 N–H and O–H groups in total. The van der Waals surface area contributed by atoms with Gasteiger partial charge < -0.3 is 26.2 Å². The van der Waals surface area contributed by atoms with Crippen molar-refractivity contribution in [2.24, 2.45) is 5.73 Å². The van der Waals surface area contributed by atoms with E-state index in [9.17, 15) is 23.2 Å². The average molecular weight is 627 g/mol. The highest BCUT2D eigenvalue weighted by atomic mass is 32.1. The summed E-state index contributed by atoms with van der Waals surface area (Å²) in [5.74, 6) is -5.16. The van der Waals surface area contributed by atoms with Gasteiger partial charge in [-0.15, -0.1) is 11.3 Å². The van der Waals surface area contributed by atoms with Crippen molar-refractivity contribution in [1.82, 2.24) is 20.4 Å². The van der Waals surface area contributed by atoms with Crippen molar-refractivity contribution >= 4 is 34.9 Å². The van der Waals surface area contributed by atoms with E-state index in [1.54, 1.807) is 49.5 Å². The van der Waals surface area contributed by atoms with Crippen molar-refractivity contribution in [2.75, 3.05) is 33.7 Å². The molecule has 0 radical (unpaired) electrons. The molecule has 232 valence electrons. The molecular weight excluding hydrogens is 593 g/mol. The zero-order chi connectivity index (χ0) is 32.0. The number of alkyl halides is 3. The molecule has 3 aromatic rings. The highest BCUT2D eigenvalue weighted by molar-refractivity contribution is 7.10. The molecule has 1 saturated heterocycles. The van der Waals surface area contributed by atoms with Gasteiger partial charge in [-0.3, -0.25) is 19.8 Å². The Hall–Kier alpha value is -4.23. The number of benzene rings is 2. The zero-order valence-electron chi connectivity index (χ0n) is 24.4. The number of hydrogen-bond donors (Lipinski definition) is 4. The quantitative estimate of drug-likeness (QED) is 0.213. The molecule has 3 atom stereocenters. The number of amides is 3. The molecule has 0 bridgehead atoms. The molecule has 1 aliphatic heterocycles. The highest BCUT2D eigenvalue weighted by Gasteiger charge is 2.50. The van der Waals surface area contributed by atoms with Crippen LogP contribution >= 0.6 is 11.3 Å². The van der Waals surface area contributed by atoms with Gasteiger partial charge in [0, 0.05) is 45.5 Å². The number of nitrogens with two attached hydrogens (primary N) is 1. The predicted molar refractivity (Wildman–Crippen MR) is 162 cm³/mol. The van der Waals surface area contributed by atoms with Gasteiger partial charge in [0.15, 0.2) is 0 Å². The van der Waals surface area contributed by atoms with E-state index < -0.39 is 47.9 Å². The molecule has 9 nitrogen and oxygen atoms in total. The van der Waals surface area contributed by atoms with Crippen LogP contribution < -0.4 is 16.4 Å². The first-order valence-corrected chi connectivity index (χ1v) is 14.8. The Kier molecular flexibility index (Phi) is 8.29. The Morgan fingerprint density at radius 2 is 1.80 bits per heavy atom. The summed E-state index contributed by atoms with van der Waals surface area (Å²) in [6.45, 7) is 0.858. The Bertz CT molecular complexity index is 1640. The lowest BCUT2D eigenvalue weighted by Gasteiger charge is -2.25. The Morgan fingerprint density at radius 3 is 2.48 bits per heavy atom. The van der Waals surface area contributed by atoms with Crippen molar-refractivity contribution in [2.45, 2.75) is 37.0 Å². The number of hydrogen-bond acceptors (Lipinski definition) is 6. The molecule has 2 aromatic carbocycles. The number of thiophene rings is 1. The van der Waals surface area contributed by atoms with Gasteiger partial charge in [0.05, 0.1) is 19.1 Å². The fourth-order valence-electron chi connectivity index (χ4n) is 5.89. The molecule has 1 unspecified atom stereocenters. The molecule has 2 aliphatic rings.